The molecule has 5 rings (SSSR count). The monoisotopic (exact) mass is 414 g/mol. The maximum Gasteiger partial charge on any atom is 0.274 e. The Balaban J connectivity index is 1.81. The predicted octanol–water partition coefficient (Wildman–Crippen LogP) is 5.29. The minimum absolute atomic E-state index is 0.0708. The number of hydrogen-bond acceptors (Lipinski definition) is 3. The lowest BCUT2D eigenvalue weighted by atomic mass is 10.1. The molecule has 5 heteroatoms. The summed E-state index contributed by atoms with van der Waals surface area (Å²) >= 11 is 7.48. The summed E-state index contributed by atoms with van der Waals surface area (Å²) in [5, 5.41) is 0.642. The third kappa shape index (κ3) is 3.27. The van der Waals surface area contributed by atoms with Crippen molar-refractivity contribution in [2.45, 2.75) is 0 Å². The summed E-state index contributed by atoms with van der Waals surface area (Å²) in [6, 6.07) is 27.4. The maximum atomic E-state index is 13.3. The first-order chi connectivity index (χ1) is 14.2. The molecule has 0 aliphatic carbocycles. The van der Waals surface area contributed by atoms with Crippen molar-refractivity contribution in [3.05, 3.63) is 110 Å². The molecule has 29 heavy (non-hydrogen) atoms. The zero-order valence-corrected chi connectivity index (χ0v) is 16.8. The van der Waals surface area contributed by atoms with E-state index >= 15 is 0 Å². The van der Waals surface area contributed by atoms with Gasteiger partial charge in [-0.15, -0.1) is 0 Å². The number of thiazole rings is 1. The highest BCUT2D eigenvalue weighted by Gasteiger charge is 2.19. The van der Waals surface area contributed by atoms with Crippen LogP contribution in [-0.2, 0) is 0 Å². The molecule has 0 fully saturated rings. The van der Waals surface area contributed by atoms with E-state index in [0.29, 0.717) is 14.5 Å². The molecular formula is C24H15ClN2OS. The fourth-order valence-electron chi connectivity index (χ4n) is 3.41. The summed E-state index contributed by atoms with van der Waals surface area (Å²) < 4.78 is 2.35. The Morgan fingerprint density at radius 2 is 1.55 bits per heavy atom. The van der Waals surface area contributed by atoms with Gasteiger partial charge in [-0.3, -0.25) is 4.79 Å². The minimum atomic E-state index is -0.0708. The topological polar surface area (TPSA) is 34.4 Å². The molecule has 140 valence electrons. The Morgan fingerprint density at radius 1 is 0.862 bits per heavy atom. The van der Waals surface area contributed by atoms with Crippen molar-refractivity contribution in [1.29, 1.82) is 0 Å². The highest BCUT2D eigenvalue weighted by Crippen LogP contribution is 2.32. The van der Waals surface area contributed by atoms with Gasteiger partial charge in [0.1, 0.15) is 0 Å². The van der Waals surface area contributed by atoms with Gasteiger partial charge in [-0.05, 0) is 23.8 Å². The Hall–Kier alpha value is -3.21. The normalized spacial score (nSPS) is 12.0. The fraction of sp³-hybridized carbons (Fsp3) is 0. The molecule has 0 unspecified atom stereocenters. The molecule has 5 aromatic rings. The summed E-state index contributed by atoms with van der Waals surface area (Å²) in [7, 11) is 0. The number of hydrogen-bond donors (Lipinski definition) is 0. The zero-order chi connectivity index (χ0) is 19.8. The van der Waals surface area contributed by atoms with Crippen molar-refractivity contribution in [2.75, 3.05) is 0 Å². The second-order valence-corrected chi connectivity index (χ2v) is 8.08. The van der Waals surface area contributed by atoms with E-state index in [1.54, 1.807) is 4.40 Å². The van der Waals surface area contributed by atoms with E-state index in [1.165, 1.54) is 11.3 Å². The van der Waals surface area contributed by atoms with Gasteiger partial charge in [-0.25, -0.2) is 9.38 Å². The van der Waals surface area contributed by atoms with Crippen molar-refractivity contribution in [3.8, 4) is 22.5 Å². The van der Waals surface area contributed by atoms with Crippen molar-refractivity contribution in [3.63, 3.8) is 0 Å². The van der Waals surface area contributed by atoms with Gasteiger partial charge >= 0.3 is 0 Å². The molecule has 2 heterocycles. The molecule has 3 aromatic carbocycles. The van der Waals surface area contributed by atoms with E-state index in [2.05, 4.69) is 0 Å². The molecule has 0 saturated heterocycles. The van der Waals surface area contributed by atoms with Crippen LogP contribution in [0.25, 0.3) is 33.6 Å². The molecule has 0 amide bonds. The van der Waals surface area contributed by atoms with E-state index in [-0.39, 0.29) is 5.56 Å². The van der Waals surface area contributed by atoms with E-state index in [1.807, 2.05) is 91.0 Å². The summed E-state index contributed by atoms with van der Waals surface area (Å²) in [6.45, 7) is 0. The van der Waals surface area contributed by atoms with Gasteiger partial charge in [0.15, 0.2) is 4.96 Å². The number of benzene rings is 3. The number of fused-ring (bicyclic) bond motifs is 1. The summed E-state index contributed by atoms with van der Waals surface area (Å²) in [6.07, 6.45) is 1.87. The SMILES string of the molecule is O=c1/c(=C/c2cccc(Cl)c2)sc2nc(-c3ccccc3)c(-c3ccccc3)n12. The Kier molecular flexibility index (Phi) is 4.51. The number of imidazole rings is 1. The maximum absolute atomic E-state index is 13.3. The largest absolute Gasteiger partial charge is 0.274 e. The molecule has 2 aromatic heterocycles. The summed E-state index contributed by atoms with van der Waals surface area (Å²) in [4.78, 5) is 18.8. The highest BCUT2D eigenvalue weighted by molar-refractivity contribution is 7.15. The number of halogens is 1. The zero-order valence-electron chi connectivity index (χ0n) is 15.2. The van der Waals surface area contributed by atoms with Crippen molar-refractivity contribution in [2.24, 2.45) is 0 Å². The first-order valence-electron chi connectivity index (χ1n) is 9.14. The van der Waals surface area contributed by atoms with Crippen LogP contribution in [0.5, 0.6) is 0 Å². The van der Waals surface area contributed by atoms with Gasteiger partial charge in [0.25, 0.3) is 5.56 Å². The van der Waals surface area contributed by atoms with Crippen molar-refractivity contribution < 1.29 is 0 Å². The number of nitrogens with zero attached hydrogens (tertiary/aromatic N) is 2. The second-order valence-electron chi connectivity index (χ2n) is 6.63. The van der Waals surface area contributed by atoms with Crippen LogP contribution in [0.2, 0.25) is 5.02 Å². The molecule has 0 spiro atoms. The number of aromatic nitrogens is 2. The van der Waals surface area contributed by atoms with Crippen LogP contribution in [-0.4, -0.2) is 9.38 Å². The van der Waals surface area contributed by atoms with Crippen LogP contribution < -0.4 is 10.1 Å². The minimum Gasteiger partial charge on any atom is -0.267 e. The third-order valence-electron chi connectivity index (χ3n) is 4.70. The van der Waals surface area contributed by atoms with Crippen LogP contribution in [0.3, 0.4) is 0 Å². The quantitative estimate of drug-likeness (QED) is 0.402. The Labute approximate surface area is 176 Å². The van der Waals surface area contributed by atoms with Crippen LogP contribution in [0.15, 0.2) is 89.7 Å². The lowest BCUT2D eigenvalue weighted by molar-refractivity contribution is 1.15. The Morgan fingerprint density at radius 3 is 2.24 bits per heavy atom. The molecule has 0 aliphatic rings. The van der Waals surface area contributed by atoms with Crippen LogP contribution >= 0.6 is 22.9 Å². The molecule has 0 bridgehead atoms. The molecule has 0 atom stereocenters. The first-order valence-corrected chi connectivity index (χ1v) is 10.3. The summed E-state index contributed by atoms with van der Waals surface area (Å²) in [5.74, 6) is 0. The standard InChI is InChI=1S/C24H15ClN2OS/c25-19-13-7-8-16(14-19)15-20-23(28)27-22(18-11-5-2-6-12-18)21(26-24(27)29-20)17-9-3-1-4-10-17/h1-15H/b20-15-. The lowest BCUT2D eigenvalue weighted by Gasteiger charge is -2.04. The third-order valence-corrected chi connectivity index (χ3v) is 5.91. The van der Waals surface area contributed by atoms with Gasteiger partial charge < -0.3 is 0 Å². The molecule has 0 saturated carbocycles. The average molecular weight is 415 g/mol. The van der Waals surface area contributed by atoms with Crippen LogP contribution in [0, 0.1) is 0 Å². The van der Waals surface area contributed by atoms with Gasteiger partial charge in [0.2, 0.25) is 0 Å². The van der Waals surface area contributed by atoms with E-state index < -0.39 is 0 Å². The summed E-state index contributed by atoms with van der Waals surface area (Å²) in [5.41, 5.74) is 4.40. The van der Waals surface area contributed by atoms with Gasteiger partial charge in [-0.2, -0.15) is 0 Å². The van der Waals surface area contributed by atoms with Gasteiger partial charge in [-0.1, -0.05) is 95.7 Å². The van der Waals surface area contributed by atoms with Crippen molar-refractivity contribution >= 4 is 34.0 Å². The Bertz CT molecular complexity index is 1420. The molecule has 0 aliphatic heterocycles. The highest BCUT2D eigenvalue weighted by atomic mass is 35.5. The first kappa shape index (κ1) is 17.9. The fourth-order valence-corrected chi connectivity index (χ4v) is 4.58. The van der Waals surface area contributed by atoms with E-state index in [0.717, 1.165) is 28.1 Å². The van der Waals surface area contributed by atoms with Crippen molar-refractivity contribution in [1.82, 2.24) is 9.38 Å². The molecule has 3 nitrogen and oxygen atoms in total. The lowest BCUT2D eigenvalue weighted by Crippen LogP contribution is -2.23. The smallest absolute Gasteiger partial charge is 0.267 e. The van der Waals surface area contributed by atoms with Crippen LogP contribution in [0.1, 0.15) is 5.56 Å². The average Bonchev–Trinajstić information content (AvgIpc) is 3.26. The van der Waals surface area contributed by atoms with Gasteiger partial charge in [0.05, 0.1) is 15.9 Å². The second kappa shape index (κ2) is 7.32. The molecule has 0 N–H and O–H groups in total. The van der Waals surface area contributed by atoms with E-state index in [4.69, 9.17) is 16.6 Å². The van der Waals surface area contributed by atoms with Crippen LogP contribution in [0.4, 0.5) is 0 Å². The molecular weight excluding hydrogens is 400 g/mol. The van der Waals surface area contributed by atoms with E-state index in [9.17, 15) is 4.79 Å². The predicted molar refractivity (Wildman–Crippen MR) is 120 cm³/mol. The van der Waals surface area contributed by atoms with Gasteiger partial charge in [0, 0.05) is 16.1 Å². The number of rotatable bonds is 3. The molecule has 0 radical (unpaired) electrons.